The molecule has 1 N–H and O–H groups in total. The van der Waals surface area contributed by atoms with Crippen molar-refractivity contribution in [2.45, 2.75) is 26.3 Å². The second-order valence-corrected chi connectivity index (χ2v) is 4.44. The van der Waals surface area contributed by atoms with Crippen molar-refractivity contribution in [1.82, 2.24) is 4.98 Å². The molecule has 1 fully saturated rings. The summed E-state index contributed by atoms with van der Waals surface area (Å²) < 4.78 is 5.22. The number of methoxy groups -OCH3 is 1. The highest BCUT2D eigenvalue weighted by Crippen LogP contribution is 2.47. The van der Waals surface area contributed by atoms with Gasteiger partial charge in [-0.25, -0.2) is 4.98 Å². The van der Waals surface area contributed by atoms with Gasteiger partial charge in [-0.3, -0.25) is 0 Å². The van der Waals surface area contributed by atoms with E-state index >= 15 is 0 Å². The van der Waals surface area contributed by atoms with Gasteiger partial charge in [0.1, 0.15) is 0 Å². The molecule has 1 unspecified atom stereocenters. The third kappa shape index (κ3) is 1.67. The van der Waals surface area contributed by atoms with Crippen molar-refractivity contribution in [1.29, 1.82) is 0 Å². The van der Waals surface area contributed by atoms with E-state index in [1.165, 1.54) is 6.42 Å². The SMILES string of the molecule is COc1cccnc1NC1CC1(C)C. The lowest BCUT2D eigenvalue weighted by molar-refractivity contribution is 0.414. The summed E-state index contributed by atoms with van der Waals surface area (Å²) in [5.74, 6) is 1.67. The molecule has 0 bridgehead atoms. The van der Waals surface area contributed by atoms with Crippen LogP contribution in [0.1, 0.15) is 20.3 Å². The molecule has 1 atom stereocenters. The van der Waals surface area contributed by atoms with E-state index in [0.29, 0.717) is 11.5 Å². The van der Waals surface area contributed by atoms with Crippen LogP contribution >= 0.6 is 0 Å². The van der Waals surface area contributed by atoms with Gasteiger partial charge in [0.15, 0.2) is 11.6 Å². The first kappa shape index (κ1) is 9.31. The van der Waals surface area contributed by atoms with Crippen LogP contribution in [0.25, 0.3) is 0 Å². The predicted octanol–water partition coefficient (Wildman–Crippen LogP) is 2.30. The first-order chi connectivity index (χ1) is 6.63. The maximum Gasteiger partial charge on any atom is 0.168 e. The average Bonchev–Trinajstić information content (AvgIpc) is 2.75. The number of aromatic nitrogens is 1. The fourth-order valence-electron chi connectivity index (χ4n) is 1.54. The zero-order valence-electron chi connectivity index (χ0n) is 8.87. The Bertz CT molecular complexity index is 336. The topological polar surface area (TPSA) is 34.1 Å². The first-order valence-corrected chi connectivity index (χ1v) is 4.89. The van der Waals surface area contributed by atoms with Gasteiger partial charge < -0.3 is 10.1 Å². The molecule has 1 aliphatic rings. The molecule has 0 radical (unpaired) electrons. The van der Waals surface area contributed by atoms with Gasteiger partial charge in [-0.15, -0.1) is 0 Å². The van der Waals surface area contributed by atoms with Gasteiger partial charge in [-0.05, 0) is 24.0 Å². The zero-order chi connectivity index (χ0) is 10.2. The molecule has 0 spiro atoms. The van der Waals surface area contributed by atoms with Crippen molar-refractivity contribution in [3.8, 4) is 5.75 Å². The van der Waals surface area contributed by atoms with Crippen LogP contribution < -0.4 is 10.1 Å². The van der Waals surface area contributed by atoms with Crippen LogP contribution in [0.2, 0.25) is 0 Å². The van der Waals surface area contributed by atoms with Crippen molar-refractivity contribution in [2.75, 3.05) is 12.4 Å². The Morgan fingerprint density at radius 2 is 2.29 bits per heavy atom. The van der Waals surface area contributed by atoms with Gasteiger partial charge >= 0.3 is 0 Å². The van der Waals surface area contributed by atoms with Crippen LogP contribution in [0, 0.1) is 5.41 Å². The van der Waals surface area contributed by atoms with Crippen molar-refractivity contribution < 1.29 is 4.74 Å². The number of hydrogen-bond donors (Lipinski definition) is 1. The molecular formula is C11H16N2O. The molecule has 1 heterocycles. The third-order valence-corrected chi connectivity index (χ3v) is 2.81. The maximum atomic E-state index is 5.22. The number of nitrogens with one attached hydrogen (secondary N) is 1. The number of nitrogens with zero attached hydrogens (tertiary/aromatic N) is 1. The van der Waals surface area contributed by atoms with E-state index in [-0.39, 0.29) is 0 Å². The van der Waals surface area contributed by atoms with E-state index in [4.69, 9.17) is 4.74 Å². The molecular weight excluding hydrogens is 176 g/mol. The highest BCUT2D eigenvalue weighted by molar-refractivity contribution is 5.51. The van der Waals surface area contributed by atoms with E-state index < -0.39 is 0 Å². The molecule has 14 heavy (non-hydrogen) atoms. The lowest BCUT2D eigenvalue weighted by Crippen LogP contribution is -2.10. The smallest absolute Gasteiger partial charge is 0.168 e. The van der Waals surface area contributed by atoms with Crippen LogP contribution in [-0.4, -0.2) is 18.1 Å². The predicted molar refractivity (Wildman–Crippen MR) is 56.6 cm³/mol. The quantitative estimate of drug-likeness (QED) is 0.798. The Labute approximate surface area is 84.5 Å². The van der Waals surface area contributed by atoms with Crippen molar-refractivity contribution in [2.24, 2.45) is 5.41 Å². The Morgan fingerprint density at radius 1 is 1.57 bits per heavy atom. The van der Waals surface area contributed by atoms with Gasteiger partial charge in [0.05, 0.1) is 7.11 Å². The van der Waals surface area contributed by atoms with Crippen LogP contribution in [0.15, 0.2) is 18.3 Å². The lowest BCUT2D eigenvalue weighted by atomic mass is 10.2. The highest BCUT2D eigenvalue weighted by atomic mass is 16.5. The first-order valence-electron chi connectivity index (χ1n) is 4.89. The molecule has 2 rings (SSSR count). The summed E-state index contributed by atoms with van der Waals surface area (Å²) >= 11 is 0. The van der Waals surface area contributed by atoms with Crippen molar-refractivity contribution in [3.63, 3.8) is 0 Å². The average molecular weight is 192 g/mol. The van der Waals surface area contributed by atoms with Gasteiger partial charge in [0.2, 0.25) is 0 Å². The van der Waals surface area contributed by atoms with E-state index in [2.05, 4.69) is 24.1 Å². The normalized spacial score (nSPS) is 22.9. The summed E-state index contributed by atoms with van der Waals surface area (Å²) in [7, 11) is 1.67. The largest absolute Gasteiger partial charge is 0.493 e. The molecule has 1 aliphatic carbocycles. The summed E-state index contributed by atoms with van der Waals surface area (Å²) in [5.41, 5.74) is 0.405. The number of rotatable bonds is 3. The molecule has 0 saturated heterocycles. The Hall–Kier alpha value is -1.25. The zero-order valence-corrected chi connectivity index (χ0v) is 8.87. The fraction of sp³-hybridized carbons (Fsp3) is 0.545. The molecule has 0 aromatic carbocycles. The maximum absolute atomic E-state index is 5.22. The molecule has 76 valence electrons. The number of anilines is 1. The van der Waals surface area contributed by atoms with Crippen molar-refractivity contribution >= 4 is 5.82 Å². The van der Waals surface area contributed by atoms with Gasteiger partial charge in [-0.2, -0.15) is 0 Å². The van der Waals surface area contributed by atoms with Gasteiger partial charge in [-0.1, -0.05) is 13.8 Å². The highest BCUT2D eigenvalue weighted by Gasteiger charge is 2.46. The Morgan fingerprint density at radius 3 is 2.86 bits per heavy atom. The van der Waals surface area contributed by atoms with Gasteiger partial charge in [0, 0.05) is 12.2 Å². The lowest BCUT2D eigenvalue weighted by Gasteiger charge is -2.10. The summed E-state index contributed by atoms with van der Waals surface area (Å²) in [4.78, 5) is 4.26. The molecule has 0 aliphatic heterocycles. The molecule has 3 heteroatoms. The summed E-state index contributed by atoms with van der Waals surface area (Å²) in [6, 6.07) is 4.33. The minimum absolute atomic E-state index is 0.405. The molecule has 1 aromatic heterocycles. The standard InChI is InChI=1S/C11H16N2O/c1-11(2)7-9(11)13-10-8(14-3)5-4-6-12-10/h4-6,9H,7H2,1-3H3,(H,12,13). The minimum atomic E-state index is 0.405. The third-order valence-electron chi connectivity index (χ3n) is 2.81. The van der Waals surface area contributed by atoms with Crippen LogP contribution in [0.5, 0.6) is 5.75 Å². The molecule has 3 nitrogen and oxygen atoms in total. The Kier molecular flexibility index (Phi) is 2.10. The minimum Gasteiger partial charge on any atom is -0.493 e. The van der Waals surface area contributed by atoms with Crippen molar-refractivity contribution in [3.05, 3.63) is 18.3 Å². The number of hydrogen-bond acceptors (Lipinski definition) is 3. The second kappa shape index (κ2) is 3.15. The van der Waals surface area contributed by atoms with Gasteiger partial charge in [0.25, 0.3) is 0 Å². The van der Waals surface area contributed by atoms with E-state index in [9.17, 15) is 0 Å². The molecule has 0 amide bonds. The summed E-state index contributed by atoms with van der Waals surface area (Å²) in [6.45, 7) is 4.50. The molecule has 1 saturated carbocycles. The number of ether oxygens (including phenoxy) is 1. The molecule has 1 aromatic rings. The summed E-state index contributed by atoms with van der Waals surface area (Å²) in [6.07, 6.45) is 2.98. The van der Waals surface area contributed by atoms with E-state index in [0.717, 1.165) is 11.6 Å². The monoisotopic (exact) mass is 192 g/mol. The van der Waals surface area contributed by atoms with Crippen LogP contribution in [0.3, 0.4) is 0 Å². The Balaban J connectivity index is 2.10. The van der Waals surface area contributed by atoms with E-state index in [1.807, 2.05) is 12.1 Å². The van der Waals surface area contributed by atoms with Crippen LogP contribution in [0.4, 0.5) is 5.82 Å². The van der Waals surface area contributed by atoms with Crippen LogP contribution in [-0.2, 0) is 0 Å². The summed E-state index contributed by atoms with van der Waals surface area (Å²) in [5, 5.41) is 3.39. The number of pyridine rings is 1. The van der Waals surface area contributed by atoms with E-state index in [1.54, 1.807) is 13.3 Å². The fourth-order valence-corrected chi connectivity index (χ4v) is 1.54. The second-order valence-electron chi connectivity index (χ2n) is 4.44.